The molecule has 0 aliphatic heterocycles. The van der Waals surface area contributed by atoms with Gasteiger partial charge in [0.25, 0.3) is 0 Å². The number of fused-ring (bicyclic) bond motifs is 1. The summed E-state index contributed by atoms with van der Waals surface area (Å²) in [4.78, 5) is 0. The average molecular weight is 311 g/mol. The van der Waals surface area contributed by atoms with Crippen molar-refractivity contribution in [2.75, 3.05) is 17.7 Å². The highest BCUT2D eigenvalue weighted by molar-refractivity contribution is 9.10. The molecule has 2 rings (SSSR count). The molecule has 0 spiro atoms. The summed E-state index contributed by atoms with van der Waals surface area (Å²) < 4.78 is 1.12. The second-order valence-corrected chi connectivity index (χ2v) is 4.81. The van der Waals surface area contributed by atoms with Gasteiger partial charge in [0.15, 0.2) is 0 Å². The lowest BCUT2D eigenvalue weighted by Crippen LogP contribution is -1.98. The van der Waals surface area contributed by atoms with Crippen molar-refractivity contribution in [3.8, 4) is 0 Å². The lowest BCUT2D eigenvalue weighted by Gasteiger charge is -2.09. The minimum absolute atomic E-state index is 0.558. The number of benzene rings is 2. The molecule has 0 radical (unpaired) electrons. The maximum Gasteiger partial charge on any atom is 0.0423 e. The van der Waals surface area contributed by atoms with Crippen LogP contribution in [0.5, 0.6) is 0 Å². The van der Waals surface area contributed by atoms with Gasteiger partial charge < -0.3 is 5.32 Å². The highest BCUT2D eigenvalue weighted by Gasteiger charge is 2.02. The van der Waals surface area contributed by atoms with Crippen LogP contribution in [-0.2, 0) is 0 Å². The summed E-state index contributed by atoms with van der Waals surface area (Å²) in [7, 11) is 0. The van der Waals surface area contributed by atoms with Gasteiger partial charge in [-0.3, -0.25) is 0 Å². The van der Waals surface area contributed by atoms with Crippen molar-refractivity contribution < 1.29 is 0 Å². The monoisotopic (exact) mass is 309 g/mol. The molecule has 17 heavy (non-hydrogen) atoms. The molecule has 1 N–H and O–H groups in total. The van der Waals surface area contributed by atoms with Crippen LogP contribution >= 0.6 is 27.5 Å². The standard InChI is InChI=1S/C14H13BrClN/c15-13-7-8-14(17-10-4-3-9-16)12-6-2-1-5-11(12)13/h1-8,17H,9-10H2/b4-3+. The zero-order valence-corrected chi connectivity index (χ0v) is 11.6. The molecule has 88 valence electrons. The van der Waals surface area contributed by atoms with Crippen LogP contribution in [0.1, 0.15) is 0 Å². The SMILES string of the molecule is ClC/C=C/CNc1ccc(Br)c2ccccc12. The Morgan fingerprint density at radius 3 is 2.59 bits per heavy atom. The molecular formula is C14H13BrClN. The first-order valence-corrected chi connectivity index (χ1v) is 6.78. The van der Waals surface area contributed by atoms with Gasteiger partial charge >= 0.3 is 0 Å². The van der Waals surface area contributed by atoms with Gasteiger partial charge in [-0.2, -0.15) is 0 Å². The number of hydrogen-bond acceptors (Lipinski definition) is 1. The highest BCUT2D eigenvalue weighted by Crippen LogP contribution is 2.29. The molecule has 0 unspecified atom stereocenters. The summed E-state index contributed by atoms with van der Waals surface area (Å²) in [6, 6.07) is 12.5. The zero-order valence-electron chi connectivity index (χ0n) is 9.29. The van der Waals surface area contributed by atoms with Crippen LogP contribution in [0, 0.1) is 0 Å². The second kappa shape index (κ2) is 6.08. The summed E-state index contributed by atoms with van der Waals surface area (Å²) in [5, 5.41) is 5.83. The molecule has 0 fully saturated rings. The van der Waals surface area contributed by atoms with Gasteiger partial charge in [0, 0.05) is 28.0 Å². The maximum absolute atomic E-state index is 5.58. The number of hydrogen-bond donors (Lipinski definition) is 1. The number of anilines is 1. The van der Waals surface area contributed by atoms with E-state index in [0.29, 0.717) is 5.88 Å². The van der Waals surface area contributed by atoms with Crippen LogP contribution in [0.25, 0.3) is 10.8 Å². The minimum atomic E-state index is 0.558. The molecule has 2 aromatic rings. The summed E-state index contributed by atoms with van der Waals surface area (Å²) >= 11 is 9.14. The normalized spacial score (nSPS) is 11.2. The molecule has 0 saturated carbocycles. The summed E-state index contributed by atoms with van der Waals surface area (Å²) in [6.45, 7) is 0.790. The number of halogens is 2. The Hall–Kier alpha value is -0.990. The van der Waals surface area contributed by atoms with Gasteiger partial charge in [-0.1, -0.05) is 52.3 Å². The predicted octanol–water partition coefficient (Wildman–Crippen LogP) is 4.81. The molecule has 0 bridgehead atoms. The van der Waals surface area contributed by atoms with Crippen molar-refractivity contribution in [2.24, 2.45) is 0 Å². The van der Waals surface area contributed by atoms with E-state index in [1.54, 1.807) is 0 Å². The van der Waals surface area contributed by atoms with Crippen molar-refractivity contribution >= 4 is 44.0 Å². The zero-order chi connectivity index (χ0) is 12.1. The highest BCUT2D eigenvalue weighted by atomic mass is 79.9. The Morgan fingerprint density at radius 1 is 1.06 bits per heavy atom. The van der Waals surface area contributed by atoms with Crippen LogP contribution < -0.4 is 5.32 Å². The van der Waals surface area contributed by atoms with E-state index in [0.717, 1.165) is 16.7 Å². The van der Waals surface area contributed by atoms with Crippen molar-refractivity contribution in [1.82, 2.24) is 0 Å². The molecule has 0 saturated heterocycles. The van der Waals surface area contributed by atoms with E-state index in [-0.39, 0.29) is 0 Å². The molecule has 3 heteroatoms. The van der Waals surface area contributed by atoms with E-state index >= 15 is 0 Å². The van der Waals surface area contributed by atoms with Crippen LogP contribution in [-0.4, -0.2) is 12.4 Å². The van der Waals surface area contributed by atoms with Gasteiger partial charge in [-0.25, -0.2) is 0 Å². The minimum Gasteiger partial charge on any atom is -0.381 e. The third kappa shape index (κ3) is 3.02. The Bertz CT molecular complexity index is 537. The smallest absolute Gasteiger partial charge is 0.0423 e. The molecule has 0 atom stereocenters. The summed E-state index contributed by atoms with van der Waals surface area (Å²) in [5.41, 5.74) is 1.14. The van der Waals surface area contributed by atoms with Gasteiger partial charge in [0.05, 0.1) is 0 Å². The number of alkyl halides is 1. The Labute approximate surface area is 115 Å². The lowest BCUT2D eigenvalue weighted by atomic mass is 10.1. The molecule has 0 aliphatic rings. The van der Waals surface area contributed by atoms with Gasteiger partial charge in [0.2, 0.25) is 0 Å². The van der Waals surface area contributed by atoms with Gasteiger partial charge in [0.1, 0.15) is 0 Å². The first-order valence-electron chi connectivity index (χ1n) is 5.45. The van der Waals surface area contributed by atoms with E-state index in [4.69, 9.17) is 11.6 Å². The third-order valence-electron chi connectivity index (χ3n) is 2.54. The first-order chi connectivity index (χ1) is 8.33. The lowest BCUT2D eigenvalue weighted by molar-refractivity contribution is 1.34. The van der Waals surface area contributed by atoms with Crippen LogP contribution in [0.4, 0.5) is 5.69 Å². The average Bonchev–Trinajstić information content (AvgIpc) is 2.37. The van der Waals surface area contributed by atoms with Crippen molar-refractivity contribution in [1.29, 1.82) is 0 Å². The molecule has 0 amide bonds. The van der Waals surface area contributed by atoms with Crippen molar-refractivity contribution in [3.05, 3.63) is 53.0 Å². The number of nitrogens with one attached hydrogen (secondary N) is 1. The quantitative estimate of drug-likeness (QED) is 0.631. The third-order valence-corrected chi connectivity index (χ3v) is 3.41. The fraction of sp³-hybridized carbons (Fsp3) is 0.143. The molecule has 0 aliphatic carbocycles. The van der Waals surface area contributed by atoms with E-state index in [2.05, 4.69) is 51.6 Å². The number of allylic oxidation sites excluding steroid dienone is 1. The van der Waals surface area contributed by atoms with Gasteiger partial charge in [-0.05, 0) is 17.5 Å². The first kappa shape index (κ1) is 12.5. The predicted molar refractivity (Wildman–Crippen MR) is 80.0 cm³/mol. The Morgan fingerprint density at radius 2 is 1.82 bits per heavy atom. The molecule has 1 nitrogen and oxygen atoms in total. The van der Waals surface area contributed by atoms with Crippen molar-refractivity contribution in [2.45, 2.75) is 0 Å². The molecule has 0 aromatic heterocycles. The Balaban J connectivity index is 2.28. The van der Waals surface area contributed by atoms with E-state index in [9.17, 15) is 0 Å². The molecular weight excluding hydrogens is 298 g/mol. The van der Waals surface area contributed by atoms with Crippen LogP contribution in [0.3, 0.4) is 0 Å². The van der Waals surface area contributed by atoms with Crippen LogP contribution in [0.15, 0.2) is 53.0 Å². The van der Waals surface area contributed by atoms with Crippen LogP contribution in [0.2, 0.25) is 0 Å². The largest absolute Gasteiger partial charge is 0.381 e. The number of rotatable bonds is 4. The summed E-state index contributed by atoms with van der Waals surface area (Å²) in [5.74, 6) is 0.558. The van der Waals surface area contributed by atoms with Crippen molar-refractivity contribution in [3.63, 3.8) is 0 Å². The molecule has 0 heterocycles. The molecule has 2 aromatic carbocycles. The topological polar surface area (TPSA) is 12.0 Å². The maximum atomic E-state index is 5.58. The fourth-order valence-corrected chi connectivity index (χ4v) is 2.34. The van der Waals surface area contributed by atoms with E-state index < -0.39 is 0 Å². The fourth-order valence-electron chi connectivity index (χ4n) is 1.73. The summed E-state index contributed by atoms with van der Waals surface area (Å²) in [6.07, 6.45) is 3.97. The van der Waals surface area contributed by atoms with Gasteiger partial charge in [-0.15, -0.1) is 11.6 Å². The van der Waals surface area contributed by atoms with E-state index in [1.165, 1.54) is 10.8 Å². The Kier molecular flexibility index (Phi) is 4.46. The second-order valence-electron chi connectivity index (χ2n) is 3.65. The van der Waals surface area contributed by atoms with E-state index in [1.807, 2.05) is 18.2 Å².